The predicted molar refractivity (Wildman–Crippen MR) is 53.3 cm³/mol. The summed E-state index contributed by atoms with van der Waals surface area (Å²) in [5.41, 5.74) is 0. The molecule has 2 rings (SSSR count). The lowest BCUT2D eigenvalue weighted by Crippen LogP contribution is -2.24. The third-order valence-electron chi connectivity index (χ3n) is 3.62. The number of Topliss-reactive ketones (excluding diaryl/α,β-unsaturated/α-hetero) is 1. The van der Waals surface area contributed by atoms with E-state index in [1.165, 1.54) is 0 Å². The highest BCUT2D eigenvalue weighted by Gasteiger charge is 2.39. The summed E-state index contributed by atoms with van der Waals surface area (Å²) < 4.78 is 0. The van der Waals surface area contributed by atoms with Crippen LogP contribution in [0.2, 0.25) is 0 Å². The third kappa shape index (κ3) is 1.56. The first-order valence-electron chi connectivity index (χ1n) is 5.37. The van der Waals surface area contributed by atoms with Crippen LogP contribution in [0.5, 0.6) is 0 Å². The first-order valence-corrected chi connectivity index (χ1v) is 5.37. The molecule has 0 amide bonds. The summed E-state index contributed by atoms with van der Waals surface area (Å²) in [5.74, 6) is 3.17. The Hall–Kier alpha value is -0.590. The summed E-state index contributed by atoms with van der Waals surface area (Å²) in [5, 5.41) is 0. The number of carbonyl (C=O) groups excluding carboxylic acids is 1. The lowest BCUT2D eigenvalue weighted by molar-refractivity contribution is -0.117. The van der Waals surface area contributed by atoms with Gasteiger partial charge in [-0.15, -0.1) is 0 Å². The molecule has 1 heteroatoms. The van der Waals surface area contributed by atoms with Crippen LogP contribution in [0.3, 0.4) is 0 Å². The molecule has 0 N–H and O–H groups in total. The maximum Gasteiger partial charge on any atom is 0.133 e. The topological polar surface area (TPSA) is 17.1 Å². The van der Waals surface area contributed by atoms with Crippen LogP contribution >= 0.6 is 0 Å². The first-order chi connectivity index (χ1) is 6.18. The zero-order valence-electron chi connectivity index (χ0n) is 8.49. The number of hydrogen-bond donors (Lipinski definition) is 0. The van der Waals surface area contributed by atoms with E-state index in [-0.39, 0.29) is 0 Å². The molecule has 0 aromatic heterocycles. The minimum absolute atomic E-state index is 0.490. The SMILES string of the molecule is CC(C)C1C=CCC2CC(=O)CC21. The van der Waals surface area contributed by atoms with E-state index in [0.29, 0.717) is 29.5 Å². The molecule has 0 spiro atoms. The number of carbonyl (C=O) groups is 1. The van der Waals surface area contributed by atoms with Gasteiger partial charge in [0, 0.05) is 12.8 Å². The van der Waals surface area contributed by atoms with E-state index < -0.39 is 0 Å². The zero-order chi connectivity index (χ0) is 9.42. The van der Waals surface area contributed by atoms with Crippen molar-refractivity contribution in [3.63, 3.8) is 0 Å². The molecule has 0 bridgehead atoms. The highest BCUT2D eigenvalue weighted by molar-refractivity contribution is 5.81. The van der Waals surface area contributed by atoms with Crippen LogP contribution in [-0.2, 0) is 4.79 Å². The van der Waals surface area contributed by atoms with E-state index in [2.05, 4.69) is 26.0 Å². The fraction of sp³-hybridized carbons (Fsp3) is 0.750. The van der Waals surface area contributed by atoms with Crippen LogP contribution < -0.4 is 0 Å². The van der Waals surface area contributed by atoms with Gasteiger partial charge in [0.25, 0.3) is 0 Å². The fourth-order valence-corrected chi connectivity index (χ4v) is 2.94. The average molecular weight is 178 g/mol. The van der Waals surface area contributed by atoms with Gasteiger partial charge in [-0.05, 0) is 30.1 Å². The van der Waals surface area contributed by atoms with Gasteiger partial charge in [0.1, 0.15) is 5.78 Å². The van der Waals surface area contributed by atoms with Crippen LogP contribution in [0.25, 0.3) is 0 Å². The van der Waals surface area contributed by atoms with Crippen LogP contribution in [0.1, 0.15) is 33.1 Å². The number of fused-ring (bicyclic) bond motifs is 1. The fourth-order valence-electron chi connectivity index (χ4n) is 2.94. The van der Waals surface area contributed by atoms with Crippen molar-refractivity contribution in [1.29, 1.82) is 0 Å². The summed E-state index contributed by atoms with van der Waals surface area (Å²) in [7, 11) is 0. The van der Waals surface area contributed by atoms with Crippen LogP contribution in [-0.4, -0.2) is 5.78 Å². The highest BCUT2D eigenvalue weighted by atomic mass is 16.1. The van der Waals surface area contributed by atoms with Crippen LogP contribution in [0.15, 0.2) is 12.2 Å². The first kappa shape index (κ1) is 8.98. The van der Waals surface area contributed by atoms with Gasteiger partial charge < -0.3 is 0 Å². The Morgan fingerprint density at radius 1 is 1.38 bits per heavy atom. The number of hydrogen-bond acceptors (Lipinski definition) is 1. The quantitative estimate of drug-likeness (QED) is 0.564. The monoisotopic (exact) mass is 178 g/mol. The normalized spacial score (nSPS) is 38.4. The van der Waals surface area contributed by atoms with Crippen molar-refractivity contribution >= 4 is 5.78 Å². The molecule has 0 aromatic rings. The zero-order valence-corrected chi connectivity index (χ0v) is 8.49. The van der Waals surface area contributed by atoms with Gasteiger partial charge in [-0.2, -0.15) is 0 Å². The molecule has 0 heterocycles. The van der Waals surface area contributed by atoms with Gasteiger partial charge in [-0.3, -0.25) is 4.79 Å². The smallest absolute Gasteiger partial charge is 0.133 e. The minimum atomic E-state index is 0.490. The Balaban J connectivity index is 2.16. The number of ketones is 1. The largest absolute Gasteiger partial charge is 0.300 e. The summed E-state index contributed by atoms with van der Waals surface area (Å²) in [6, 6.07) is 0. The molecule has 3 unspecified atom stereocenters. The Kier molecular flexibility index (Phi) is 2.27. The second kappa shape index (κ2) is 3.28. The predicted octanol–water partition coefficient (Wildman–Crippen LogP) is 2.81. The van der Waals surface area contributed by atoms with Crippen molar-refractivity contribution in [1.82, 2.24) is 0 Å². The minimum Gasteiger partial charge on any atom is -0.300 e. The van der Waals surface area contributed by atoms with E-state index in [9.17, 15) is 4.79 Å². The van der Waals surface area contributed by atoms with Gasteiger partial charge in [0.05, 0.1) is 0 Å². The van der Waals surface area contributed by atoms with Crippen molar-refractivity contribution < 1.29 is 4.79 Å². The second-order valence-electron chi connectivity index (χ2n) is 4.86. The van der Waals surface area contributed by atoms with Crippen molar-refractivity contribution in [2.75, 3.05) is 0 Å². The van der Waals surface area contributed by atoms with Crippen molar-refractivity contribution in [3.8, 4) is 0 Å². The Morgan fingerprint density at radius 3 is 2.85 bits per heavy atom. The molecule has 1 nitrogen and oxygen atoms in total. The molecule has 0 aliphatic heterocycles. The number of allylic oxidation sites excluding steroid dienone is 2. The molecule has 3 atom stereocenters. The van der Waals surface area contributed by atoms with E-state index in [4.69, 9.17) is 0 Å². The van der Waals surface area contributed by atoms with E-state index in [1.54, 1.807) is 0 Å². The Labute approximate surface area is 80.2 Å². The standard InChI is InChI=1S/C12H18O/c1-8(2)11-5-3-4-9-6-10(13)7-12(9)11/h3,5,8-9,11-12H,4,6-7H2,1-2H3. The Morgan fingerprint density at radius 2 is 2.15 bits per heavy atom. The molecule has 0 saturated heterocycles. The van der Waals surface area contributed by atoms with Crippen molar-refractivity contribution in [2.45, 2.75) is 33.1 Å². The molecular formula is C12H18O. The summed E-state index contributed by atoms with van der Waals surface area (Å²) in [6.07, 6.45) is 7.45. The average Bonchev–Trinajstić information content (AvgIpc) is 2.43. The molecule has 1 fully saturated rings. The van der Waals surface area contributed by atoms with Gasteiger partial charge in [0.2, 0.25) is 0 Å². The van der Waals surface area contributed by atoms with Crippen molar-refractivity contribution in [2.24, 2.45) is 23.7 Å². The van der Waals surface area contributed by atoms with Crippen molar-refractivity contribution in [3.05, 3.63) is 12.2 Å². The second-order valence-corrected chi connectivity index (χ2v) is 4.86. The van der Waals surface area contributed by atoms with Crippen LogP contribution in [0, 0.1) is 23.7 Å². The molecule has 0 aromatic carbocycles. The molecule has 2 aliphatic rings. The van der Waals surface area contributed by atoms with E-state index >= 15 is 0 Å². The molecule has 1 saturated carbocycles. The third-order valence-corrected chi connectivity index (χ3v) is 3.62. The van der Waals surface area contributed by atoms with E-state index in [1.807, 2.05) is 0 Å². The molecule has 13 heavy (non-hydrogen) atoms. The van der Waals surface area contributed by atoms with E-state index in [0.717, 1.165) is 19.3 Å². The lowest BCUT2D eigenvalue weighted by atomic mass is 9.73. The highest BCUT2D eigenvalue weighted by Crippen LogP contribution is 2.43. The molecule has 72 valence electrons. The Bertz CT molecular complexity index is 240. The summed E-state index contributed by atoms with van der Waals surface area (Å²) >= 11 is 0. The maximum atomic E-state index is 11.3. The maximum absolute atomic E-state index is 11.3. The lowest BCUT2D eigenvalue weighted by Gasteiger charge is -2.31. The van der Waals surface area contributed by atoms with Gasteiger partial charge in [-0.25, -0.2) is 0 Å². The molecular weight excluding hydrogens is 160 g/mol. The number of rotatable bonds is 1. The summed E-state index contributed by atoms with van der Waals surface area (Å²) in [6.45, 7) is 4.53. The molecule has 2 aliphatic carbocycles. The van der Waals surface area contributed by atoms with Crippen LogP contribution in [0.4, 0.5) is 0 Å². The molecule has 0 radical (unpaired) electrons. The van der Waals surface area contributed by atoms with Gasteiger partial charge >= 0.3 is 0 Å². The summed E-state index contributed by atoms with van der Waals surface area (Å²) in [4.78, 5) is 11.3. The van der Waals surface area contributed by atoms with Gasteiger partial charge in [-0.1, -0.05) is 26.0 Å². The van der Waals surface area contributed by atoms with Gasteiger partial charge in [0.15, 0.2) is 0 Å².